The Morgan fingerprint density at radius 1 is 1.14 bits per heavy atom. The average molecular weight is 578 g/mol. The number of hydrogen-bond donors (Lipinski definition) is 0. The molecule has 0 bridgehead atoms. The molecule has 0 aliphatic carbocycles. The molecule has 1 saturated heterocycles. The van der Waals surface area contributed by atoms with Crippen LogP contribution in [-0.4, -0.2) is 35.4 Å². The normalized spacial score (nSPS) is 15.3. The highest BCUT2D eigenvalue weighted by Crippen LogP contribution is 2.37. The number of amides is 1. The standard InChI is InChI=1S/C20H16Br2ClNO3S2/c1-24-19(25)17(29-20(24)28)11-12-9-15(21)18(16(22)10-12)27-8-2-7-26-14-5-3-13(23)4-6-14/h3-6,9-11H,2,7-8H2,1H3/b17-11-. The van der Waals surface area contributed by atoms with Gasteiger partial charge in [-0.25, -0.2) is 0 Å². The second kappa shape index (κ2) is 10.3. The van der Waals surface area contributed by atoms with Gasteiger partial charge in [0.2, 0.25) is 0 Å². The van der Waals surface area contributed by atoms with Crippen molar-refractivity contribution < 1.29 is 14.3 Å². The van der Waals surface area contributed by atoms with E-state index in [1.165, 1.54) is 16.7 Å². The Bertz CT molecular complexity index is 944. The van der Waals surface area contributed by atoms with Gasteiger partial charge in [0, 0.05) is 18.5 Å². The van der Waals surface area contributed by atoms with Crippen molar-refractivity contribution in [1.82, 2.24) is 4.90 Å². The molecule has 9 heteroatoms. The minimum absolute atomic E-state index is 0.0896. The number of carbonyl (C=O) groups excluding carboxylic acids is 1. The Kier molecular flexibility index (Phi) is 8.04. The van der Waals surface area contributed by atoms with Gasteiger partial charge in [-0.1, -0.05) is 35.6 Å². The molecule has 2 aromatic carbocycles. The molecule has 0 N–H and O–H groups in total. The molecular formula is C20H16Br2ClNO3S2. The number of ether oxygens (including phenoxy) is 2. The number of halogens is 3. The zero-order valence-electron chi connectivity index (χ0n) is 15.3. The second-order valence-corrected chi connectivity index (χ2v) is 9.88. The lowest BCUT2D eigenvalue weighted by Crippen LogP contribution is -2.22. The summed E-state index contributed by atoms with van der Waals surface area (Å²) in [6.45, 7) is 1.03. The van der Waals surface area contributed by atoms with Crippen molar-refractivity contribution >= 4 is 83.7 Å². The molecule has 3 rings (SSSR count). The van der Waals surface area contributed by atoms with Crippen molar-refractivity contribution in [3.8, 4) is 11.5 Å². The van der Waals surface area contributed by atoms with E-state index >= 15 is 0 Å². The van der Waals surface area contributed by atoms with E-state index in [1.807, 2.05) is 30.3 Å². The van der Waals surface area contributed by atoms with Crippen molar-refractivity contribution in [3.63, 3.8) is 0 Å². The summed E-state index contributed by atoms with van der Waals surface area (Å²) in [4.78, 5) is 14.2. The molecule has 0 aromatic heterocycles. The van der Waals surface area contributed by atoms with Crippen LogP contribution in [0.3, 0.4) is 0 Å². The molecule has 2 aromatic rings. The second-order valence-electron chi connectivity index (χ2n) is 6.06. The minimum atomic E-state index is -0.0896. The largest absolute Gasteiger partial charge is 0.493 e. The lowest BCUT2D eigenvalue weighted by molar-refractivity contribution is -0.121. The molecule has 152 valence electrons. The number of carbonyl (C=O) groups is 1. The van der Waals surface area contributed by atoms with Crippen LogP contribution in [0.4, 0.5) is 0 Å². The Labute approximate surface area is 200 Å². The molecular weight excluding hydrogens is 562 g/mol. The molecule has 4 nitrogen and oxygen atoms in total. The average Bonchev–Trinajstić information content (AvgIpc) is 2.91. The molecule has 29 heavy (non-hydrogen) atoms. The van der Waals surface area contributed by atoms with Gasteiger partial charge in [0.1, 0.15) is 15.8 Å². The van der Waals surface area contributed by atoms with Crippen molar-refractivity contribution in [2.24, 2.45) is 0 Å². The van der Waals surface area contributed by atoms with E-state index in [-0.39, 0.29) is 5.91 Å². The fourth-order valence-corrected chi connectivity index (χ4v) is 5.21. The van der Waals surface area contributed by atoms with Crippen LogP contribution in [0.2, 0.25) is 5.02 Å². The van der Waals surface area contributed by atoms with Crippen LogP contribution in [0.15, 0.2) is 50.2 Å². The molecule has 1 amide bonds. The highest BCUT2D eigenvalue weighted by atomic mass is 79.9. The number of likely N-dealkylation sites (N-methyl/N-ethyl adjacent to an activating group) is 1. The van der Waals surface area contributed by atoms with Gasteiger partial charge in [-0.2, -0.15) is 0 Å². The molecule has 1 aliphatic rings. The summed E-state index contributed by atoms with van der Waals surface area (Å²) in [6, 6.07) is 11.1. The summed E-state index contributed by atoms with van der Waals surface area (Å²) < 4.78 is 13.7. The Balaban J connectivity index is 1.56. The van der Waals surface area contributed by atoms with E-state index in [4.69, 9.17) is 33.3 Å². The number of nitrogens with zero attached hydrogens (tertiary/aromatic N) is 1. The summed E-state index contributed by atoms with van der Waals surface area (Å²) in [5.74, 6) is 1.39. The highest BCUT2D eigenvalue weighted by molar-refractivity contribution is 9.11. The molecule has 0 saturated carbocycles. The first-order valence-electron chi connectivity index (χ1n) is 8.57. The van der Waals surface area contributed by atoms with Crippen LogP contribution in [0.1, 0.15) is 12.0 Å². The van der Waals surface area contributed by atoms with E-state index in [9.17, 15) is 4.79 Å². The third-order valence-electron chi connectivity index (χ3n) is 3.92. The Hall–Kier alpha value is -1.06. The Morgan fingerprint density at radius 3 is 2.34 bits per heavy atom. The quantitative estimate of drug-likeness (QED) is 0.212. The summed E-state index contributed by atoms with van der Waals surface area (Å²) >= 11 is 19.4. The molecule has 0 spiro atoms. The van der Waals surface area contributed by atoms with Gasteiger partial charge in [0.25, 0.3) is 5.91 Å². The zero-order chi connectivity index (χ0) is 21.0. The fourth-order valence-electron chi connectivity index (χ4n) is 2.45. The molecule has 1 aliphatic heterocycles. The van der Waals surface area contributed by atoms with Gasteiger partial charge in [-0.05, 0) is 79.9 Å². The predicted octanol–water partition coefficient (Wildman–Crippen LogP) is 6.54. The lowest BCUT2D eigenvalue weighted by atomic mass is 10.2. The summed E-state index contributed by atoms with van der Waals surface area (Å²) in [7, 11) is 1.68. The maximum atomic E-state index is 12.2. The first-order chi connectivity index (χ1) is 13.8. The Morgan fingerprint density at radius 2 is 1.76 bits per heavy atom. The molecule has 0 unspecified atom stereocenters. The monoisotopic (exact) mass is 575 g/mol. The van der Waals surface area contributed by atoms with Crippen LogP contribution in [0, 0.1) is 0 Å². The van der Waals surface area contributed by atoms with Gasteiger partial charge >= 0.3 is 0 Å². The van der Waals surface area contributed by atoms with Crippen molar-refractivity contribution in [3.05, 3.63) is 60.8 Å². The third-order valence-corrected chi connectivity index (χ3v) is 6.84. The maximum absolute atomic E-state index is 12.2. The van der Waals surface area contributed by atoms with Crippen LogP contribution in [0.5, 0.6) is 11.5 Å². The summed E-state index contributed by atoms with van der Waals surface area (Å²) in [6.07, 6.45) is 2.55. The van der Waals surface area contributed by atoms with Crippen molar-refractivity contribution in [2.45, 2.75) is 6.42 Å². The van der Waals surface area contributed by atoms with Crippen LogP contribution >= 0.6 is 67.4 Å². The third kappa shape index (κ3) is 5.98. The van der Waals surface area contributed by atoms with E-state index in [0.29, 0.717) is 33.2 Å². The fraction of sp³-hybridized carbons (Fsp3) is 0.200. The minimum Gasteiger partial charge on any atom is -0.493 e. The van der Waals surface area contributed by atoms with E-state index in [2.05, 4.69) is 31.9 Å². The molecule has 1 heterocycles. The number of benzene rings is 2. The summed E-state index contributed by atoms with van der Waals surface area (Å²) in [5.41, 5.74) is 0.871. The first kappa shape index (κ1) is 22.6. The van der Waals surface area contributed by atoms with E-state index in [0.717, 1.165) is 26.7 Å². The number of rotatable bonds is 7. The van der Waals surface area contributed by atoms with Crippen molar-refractivity contribution in [2.75, 3.05) is 20.3 Å². The van der Waals surface area contributed by atoms with E-state index in [1.54, 1.807) is 19.2 Å². The van der Waals surface area contributed by atoms with Crippen LogP contribution in [-0.2, 0) is 4.79 Å². The predicted molar refractivity (Wildman–Crippen MR) is 130 cm³/mol. The SMILES string of the molecule is CN1C(=O)/C(=C/c2cc(Br)c(OCCCOc3ccc(Cl)cc3)c(Br)c2)SC1=S. The number of hydrogen-bond acceptors (Lipinski definition) is 5. The van der Waals surface area contributed by atoms with Gasteiger partial charge in [-0.15, -0.1) is 0 Å². The van der Waals surface area contributed by atoms with Gasteiger partial charge in [0.15, 0.2) is 0 Å². The van der Waals surface area contributed by atoms with Crippen LogP contribution < -0.4 is 9.47 Å². The molecule has 0 atom stereocenters. The zero-order valence-corrected chi connectivity index (χ0v) is 20.8. The lowest BCUT2D eigenvalue weighted by Gasteiger charge is -2.12. The topological polar surface area (TPSA) is 38.8 Å². The maximum Gasteiger partial charge on any atom is 0.265 e. The van der Waals surface area contributed by atoms with Gasteiger partial charge in [-0.3, -0.25) is 9.69 Å². The highest BCUT2D eigenvalue weighted by Gasteiger charge is 2.28. The smallest absolute Gasteiger partial charge is 0.265 e. The molecule has 1 fully saturated rings. The van der Waals surface area contributed by atoms with Gasteiger partial charge < -0.3 is 9.47 Å². The van der Waals surface area contributed by atoms with Crippen LogP contribution in [0.25, 0.3) is 6.08 Å². The first-order valence-corrected chi connectivity index (χ1v) is 11.8. The molecule has 0 radical (unpaired) electrons. The summed E-state index contributed by atoms with van der Waals surface area (Å²) in [5, 5.41) is 0.681. The number of thioether (sulfide) groups is 1. The van der Waals surface area contributed by atoms with E-state index < -0.39 is 0 Å². The van der Waals surface area contributed by atoms with Gasteiger partial charge in [0.05, 0.1) is 27.1 Å². The van der Waals surface area contributed by atoms with Crippen molar-refractivity contribution in [1.29, 1.82) is 0 Å². The number of thiocarbonyl (C=S) groups is 1.